The van der Waals surface area contributed by atoms with Crippen LogP contribution in [0.4, 0.5) is 0 Å². The lowest BCUT2D eigenvalue weighted by molar-refractivity contribution is 0.602. The van der Waals surface area contributed by atoms with Crippen LogP contribution in [0.2, 0.25) is 0 Å². The van der Waals surface area contributed by atoms with Gasteiger partial charge in [-0.15, -0.1) is 4.57 Å². The first-order valence-electron chi connectivity index (χ1n) is 5.64. The van der Waals surface area contributed by atoms with Crippen LogP contribution in [-0.4, -0.2) is 14.0 Å². The molecule has 0 bridgehead atoms. The van der Waals surface area contributed by atoms with Crippen LogP contribution in [0.25, 0.3) is 0 Å². The van der Waals surface area contributed by atoms with Crippen LogP contribution >= 0.6 is 7.56 Å². The fourth-order valence-corrected chi connectivity index (χ4v) is 3.29. The molecule has 1 aliphatic heterocycles. The van der Waals surface area contributed by atoms with Crippen molar-refractivity contribution in [2.45, 2.75) is 6.42 Å². The van der Waals surface area contributed by atoms with Crippen molar-refractivity contribution in [2.75, 3.05) is 0 Å². The van der Waals surface area contributed by atoms with Crippen molar-refractivity contribution in [3.63, 3.8) is 0 Å². The first-order valence-corrected chi connectivity index (χ1v) is 7.04. The molecule has 3 rings (SSSR count). The summed E-state index contributed by atoms with van der Waals surface area (Å²) < 4.78 is 12.0. The minimum absolute atomic E-state index is 0.905. The second-order valence-corrected chi connectivity index (χ2v) is 5.43. The predicted molar refractivity (Wildman–Crippen MR) is 74.1 cm³/mol. The van der Waals surface area contributed by atoms with Gasteiger partial charge >= 0.3 is 14.0 Å². The lowest BCUT2D eigenvalue weighted by atomic mass is 9.80. The normalized spacial score (nSPS) is 13.5. The smallest absolute Gasteiger partial charge is 0.121 e. The summed E-state index contributed by atoms with van der Waals surface area (Å²) in [5.74, 6) is 0. The summed E-state index contributed by atoms with van der Waals surface area (Å²) in [6.07, 6.45) is 0.905. The Labute approximate surface area is 103 Å². The second kappa shape index (κ2) is 4.50. The quantitative estimate of drug-likeness (QED) is 0.500. The minimum Gasteiger partial charge on any atom is -0.121 e. The van der Waals surface area contributed by atoms with E-state index in [1.165, 1.54) is 11.1 Å². The number of rotatable bonds is 0. The zero-order chi connectivity index (χ0) is 11.7. The Kier molecular flexibility index (Phi) is 2.86. The lowest BCUT2D eigenvalue weighted by Crippen LogP contribution is -2.27. The highest BCUT2D eigenvalue weighted by atomic mass is 31.1. The maximum Gasteiger partial charge on any atom is 0.491 e. The van der Waals surface area contributed by atoms with Gasteiger partial charge in [0, 0.05) is 0 Å². The molecular formula is C13H10B2OP+. The van der Waals surface area contributed by atoms with Crippen LogP contribution in [0.1, 0.15) is 11.1 Å². The van der Waals surface area contributed by atoms with Gasteiger partial charge in [-0.25, -0.2) is 0 Å². The highest BCUT2D eigenvalue weighted by molar-refractivity contribution is 8.00. The van der Waals surface area contributed by atoms with Crippen LogP contribution in [0.3, 0.4) is 0 Å². The SMILES string of the molecule is O=[P+]1[B]c2ccccc2Cc2ccccc2[B]1. The van der Waals surface area contributed by atoms with Gasteiger partial charge in [-0.3, -0.25) is 0 Å². The van der Waals surface area contributed by atoms with Crippen LogP contribution in [0.15, 0.2) is 48.5 Å². The van der Waals surface area contributed by atoms with Gasteiger partial charge in [0.15, 0.2) is 0 Å². The average Bonchev–Trinajstić information content (AvgIpc) is 2.31. The standard InChI is InChI=1S/C13H10B2OP/c16-17-14-12-7-3-1-5-10(12)9-11-6-2-4-8-13(11)15-17/h1-8H,9H2/q+1. The molecule has 0 saturated heterocycles. The molecular weight excluding hydrogens is 225 g/mol. The van der Waals surface area contributed by atoms with Crippen LogP contribution < -0.4 is 10.9 Å². The van der Waals surface area contributed by atoms with Crippen molar-refractivity contribution >= 4 is 32.5 Å². The summed E-state index contributed by atoms with van der Waals surface area (Å²) in [5.41, 5.74) is 4.69. The number of hydrogen-bond donors (Lipinski definition) is 0. The lowest BCUT2D eigenvalue weighted by Gasteiger charge is -2.10. The summed E-state index contributed by atoms with van der Waals surface area (Å²) in [6.45, 7) is 3.72. The van der Waals surface area contributed by atoms with Crippen molar-refractivity contribution in [2.24, 2.45) is 0 Å². The first-order chi connectivity index (χ1) is 8.33. The highest BCUT2D eigenvalue weighted by Gasteiger charge is 2.30. The van der Waals surface area contributed by atoms with Crippen LogP contribution in [-0.2, 0) is 11.0 Å². The van der Waals surface area contributed by atoms with E-state index in [1.54, 1.807) is 0 Å². The molecule has 17 heavy (non-hydrogen) atoms. The Hall–Kier alpha value is -1.33. The Morgan fingerprint density at radius 1 is 0.824 bits per heavy atom. The van der Waals surface area contributed by atoms with Gasteiger partial charge in [0.25, 0.3) is 0 Å². The number of benzene rings is 2. The van der Waals surface area contributed by atoms with E-state index in [0.717, 1.165) is 17.3 Å². The maximum atomic E-state index is 12.0. The molecule has 0 fully saturated rings. The molecule has 1 heterocycles. The van der Waals surface area contributed by atoms with Gasteiger partial charge in [-0.2, -0.15) is 0 Å². The largest absolute Gasteiger partial charge is 0.491 e. The first kappa shape index (κ1) is 10.8. The summed E-state index contributed by atoms with van der Waals surface area (Å²) in [6, 6.07) is 16.3. The van der Waals surface area contributed by atoms with E-state index < -0.39 is 7.56 Å². The highest BCUT2D eigenvalue weighted by Crippen LogP contribution is 2.19. The van der Waals surface area contributed by atoms with Crippen molar-refractivity contribution in [3.05, 3.63) is 59.7 Å². The van der Waals surface area contributed by atoms with E-state index in [1.807, 2.05) is 50.4 Å². The molecule has 0 spiro atoms. The number of hydrogen-bond acceptors (Lipinski definition) is 1. The van der Waals surface area contributed by atoms with Crippen molar-refractivity contribution in [3.8, 4) is 0 Å². The van der Waals surface area contributed by atoms with E-state index in [2.05, 4.69) is 12.1 Å². The summed E-state index contributed by atoms with van der Waals surface area (Å²) in [7, 11) is -1.41. The third kappa shape index (κ3) is 2.21. The topological polar surface area (TPSA) is 17.1 Å². The summed E-state index contributed by atoms with van der Waals surface area (Å²) in [4.78, 5) is 0. The molecule has 2 radical (unpaired) electrons. The number of fused-ring (bicyclic) bond motifs is 2. The van der Waals surface area contributed by atoms with Gasteiger partial charge in [0.1, 0.15) is 0 Å². The molecule has 0 amide bonds. The monoisotopic (exact) mass is 235 g/mol. The summed E-state index contributed by atoms with van der Waals surface area (Å²) in [5, 5.41) is 0. The zero-order valence-corrected chi connectivity index (χ0v) is 10.2. The second-order valence-electron chi connectivity index (χ2n) is 4.19. The molecule has 0 saturated carbocycles. The van der Waals surface area contributed by atoms with Crippen LogP contribution in [0.5, 0.6) is 0 Å². The molecule has 0 N–H and O–H groups in total. The van der Waals surface area contributed by atoms with E-state index >= 15 is 0 Å². The summed E-state index contributed by atoms with van der Waals surface area (Å²) >= 11 is 0. The van der Waals surface area contributed by atoms with Crippen molar-refractivity contribution in [1.29, 1.82) is 0 Å². The molecule has 0 aromatic heterocycles. The molecule has 0 aliphatic carbocycles. The Morgan fingerprint density at radius 2 is 1.29 bits per heavy atom. The van der Waals surface area contributed by atoms with Gasteiger partial charge < -0.3 is 0 Å². The van der Waals surface area contributed by atoms with E-state index in [9.17, 15) is 4.57 Å². The molecule has 78 valence electrons. The van der Waals surface area contributed by atoms with E-state index in [-0.39, 0.29) is 0 Å². The third-order valence-corrected chi connectivity index (χ3v) is 4.09. The van der Waals surface area contributed by atoms with Gasteiger partial charge in [-0.1, -0.05) is 48.5 Å². The molecule has 2 aromatic carbocycles. The van der Waals surface area contributed by atoms with Gasteiger partial charge in [0.2, 0.25) is 7.56 Å². The van der Waals surface area contributed by atoms with Gasteiger partial charge in [0.05, 0.1) is 0 Å². The third-order valence-electron chi connectivity index (χ3n) is 3.02. The fraction of sp³-hybridized carbons (Fsp3) is 0.0769. The van der Waals surface area contributed by atoms with Crippen molar-refractivity contribution < 1.29 is 4.57 Å². The van der Waals surface area contributed by atoms with Gasteiger partial charge in [-0.05, 0) is 28.5 Å². The Morgan fingerprint density at radius 3 is 1.82 bits per heavy atom. The van der Waals surface area contributed by atoms with Crippen molar-refractivity contribution in [1.82, 2.24) is 0 Å². The Balaban J connectivity index is 2.12. The molecule has 2 aromatic rings. The van der Waals surface area contributed by atoms with E-state index in [4.69, 9.17) is 0 Å². The molecule has 1 aliphatic rings. The minimum atomic E-state index is -1.41. The fourth-order valence-electron chi connectivity index (χ4n) is 2.16. The molecule has 1 nitrogen and oxygen atoms in total. The molecule has 0 atom stereocenters. The predicted octanol–water partition coefficient (Wildman–Crippen LogP) is 1.61. The molecule has 0 unspecified atom stereocenters. The van der Waals surface area contributed by atoms with Crippen LogP contribution in [0, 0.1) is 0 Å². The maximum absolute atomic E-state index is 12.0. The molecule has 4 heteroatoms. The Bertz CT molecular complexity index is 534. The average molecular weight is 235 g/mol. The van der Waals surface area contributed by atoms with E-state index in [0.29, 0.717) is 0 Å². The zero-order valence-electron chi connectivity index (χ0n) is 9.34.